The number of ether oxygens (including phenoxy) is 1. The first-order chi connectivity index (χ1) is 15.9. The first kappa shape index (κ1) is 21.5. The summed E-state index contributed by atoms with van der Waals surface area (Å²) in [5.74, 6) is -1.34. The number of nitrogens with one attached hydrogen (secondary N) is 1. The van der Waals surface area contributed by atoms with Gasteiger partial charge in [-0.15, -0.1) is 0 Å². The molecule has 0 radical (unpaired) electrons. The highest BCUT2D eigenvalue weighted by Crippen LogP contribution is 2.44. The predicted molar refractivity (Wildman–Crippen MR) is 122 cm³/mol. The topological polar surface area (TPSA) is 95.9 Å². The van der Waals surface area contributed by atoms with Crippen LogP contribution in [0.5, 0.6) is 0 Å². The van der Waals surface area contributed by atoms with Crippen LogP contribution in [0.2, 0.25) is 0 Å². The van der Waals surface area contributed by atoms with Gasteiger partial charge in [0.1, 0.15) is 12.1 Å². The van der Waals surface area contributed by atoms with E-state index in [9.17, 15) is 19.5 Å². The second-order valence-corrected chi connectivity index (χ2v) is 9.42. The Kier molecular flexibility index (Phi) is 5.35. The number of alkyl carbamates (subject to hydrolysis) is 1. The van der Waals surface area contributed by atoms with Gasteiger partial charge < -0.3 is 20.1 Å². The largest absolute Gasteiger partial charge is 0.479 e. The first-order valence-electron chi connectivity index (χ1n) is 11.5. The number of hydrogen-bond donors (Lipinski definition) is 2. The summed E-state index contributed by atoms with van der Waals surface area (Å²) >= 11 is 0. The van der Waals surface area contributed by atoms with E-state index in [0.29, 0.717) is 25.7 Å². The summed E-state index contributed by atoms with van der Waals surface area (Å²) in [6.45, 7) is 0.249. The number of carbonyl (C=O) groups is 3. The second-order valence-electron chi connectivity index (χ2n) is 9.42. The molecule has 7 nitrogen and oxygen atoms in total. The number of carbonyl (C=O) groups excluding carboxylic acids is 2. The molecule has 0 unspecified atom stereocenters. The van der Waals surface area contributed by atoms with E-state index in [1.807, 2.05) is 24.3 Å². The van der Waals surface area contributed by atoms with Gasteiger partial charge in [-0.1, -0.05) is 48.5 Å². The molecule has 5 rings (SSSR count). The van der Waals surface area contributed by atoms with E-state index < -0.39 is 17.6 Å². The number of rotatable bonds is 6. The predicted octanol–water partition coefficient (Wildman–Crippen LogP) is 3.77. The summed E-state index contributed by atoms with van der Waals surface area (Å²) in [6, 6.07) is 16.2. The van der Waals surface area contributed by atoms with Gasteiger partial charge in [0, 0.05) is 24.9 Å². The highest BCUT2D eigenvalue weighted by molar-refractivity contribution is 5.89. The van der Waals surface area contributed by atoms with Crippen LogP contribution in [-0.2, 0) is 14.3 Å². The minimum Gasteiger partial charge on any atom is -0.479 e. The molecule has 2 N–H and O–H groups in total. The van der Waals surface area contributed by atoms with Crippen molar-refractivity contribution in [3.05, 3.63) is 59.7 Å². The Balaban J connectivity index is 1.13. The standard InChI is InChI=1S/C26H28N2O5/c1-28(26(24(30)31)11-6-12-26)23(29)16-13-17(14-16)27-25(32)33-15-22-20-9-4-2-7-18(20)19-8-3-5-10-21(19)22/h2-5,7-10,16-17,22H,6,11-15H2,1H3,(H,27,32)(H,30,31). The summed E-state index contributed by atoms with van der Waals surface area (Å²) in [5, 5.41) is 12.4. The van der Waals surface area contributed by atoms with Crippen LogP contribution in [-0.4, -0.2) is 53.2 Å². The zero-order valence-corrected chi connectivity index (χ0v) is 18.6. The molecule has 33 heavy (non-hydrogen) atoms. The van der Waals surface area contributed by atoms with E-state index in [1.165, 1.54) is 16.0 Å². The van der Waals surface area contributed by atoms with Gasteiger partial charge in [-0.3, -0.25) is 4.79 Å². The average molecular weight is 449 g/mol. The van der Waals surface area contributed by atoms with Crippen LogP contribution >= 0.6 is 0 Å². The average Bonchev–Trinajstić information content (AvgIpc) is 3.07. The van der Waals surface area contributed by atoms with Crippen molar-refractivity contribution in [3.63, 3.8) is 0 Å². The summed E-state index contributed by atoms with van der Waals surface area (Å²) in [6.07, 6.45) is 2.34. The molecule has 0 spiro atoms. The van der Waals surface area contributed by atoms with Gasteiger partial charge in [-0.05, 0) is 54.4 Å². The lowest BCUT2D eigenvalue weighted by molar-refractivity contribution is -0.167. The number of hydrogen-bond acceptors (Lipinski definition) is 4. The Morgan fingerprint density at radius 1 is 1.03 bits per heavy atom. The third-order valence-electron chi connectivity index (χ3n) is 7.70. The molecular formula is C26H28N2O5. The number of nitrogens with zero attached hydrogens (tertiary/aromatic N) is 1. The number of benzene rings is 2. The zero-order chi connectivity index (χ0) is 23.2. The fourth-order valence-corrected chi connectivity index (χ4v) is 5.43. The van der Waals surface area contributed by atoms with Gasteiger partial charge in [-0.25, -0.2) is 9.59 Å². The van der Waals surface area contributed by atoms with Crippen LogP contribution in [0, 0.1) is 5.92 Å². The maximum absolute atomic E-state index is 12.8. The number of likely N-dealkylation sites (N-methyl/N-ethyl adjacent to an activating group) is 1. The number of amides is 2. The van der Waals surface area contributed by atoms with Crippen molar-refractivity contribution in [2.75, 3.05) is 13.7 Å². The SMILES string of the molecule is CN(C(=O)C1CC(NC(=O)OCC2c3ccccc3-c3ccccc32)C1)C1(C(=O)O)CCC1. The summed E-state index contributed by atoms with van der Waals surface area (Å²) in [5.41, 5.74) is 3.62. The van der Waals surface area contributed by atoms with Crippen LogP contribution in [0.4, 0.5) is 4.79 Å². The van der Waals surface area contributed by atoms with Gasteiger partial charge in [0.15, 0.2) is 0 Å². The highest BCUT2D eigenvalue weighted by atomic mass is 16.5. The molecule has 0 aromatic heterocycles. The molecule has 172 valence electrons. The molecule has 2 amide bonds. The Morgan fingerprint density at radius 3 is 2.12 bits per heavy atom. The van der Waals surface area contributed by atoms with Crippen LogP contribution in [0.3, 0.4) is 0 Å². The fourth-order valence-electron chi connectivity index (χ4n) is 5.43. The highest BCUT2D eigenvalue weighted by Gasteiger charge is 2.52. The van der Waals surface area contributed by atoms with E-state index in [1.54, 1.807) is 7.05 Å². The van der Waals surface area contributed by atoms with E-state index in [0.717, 1.165) is 17.5 Å². The molecule has 2 fully saturated rings. The molecule has 2 saturated carbocycles. The summed E-state index contributed by atoms with van der Waals surface area (Å²) in [4.78, 5) is 38.3. The lowest BCUT2D eigenvalue weighted by atomic mass is 9.73. The minimum absolute atomic E-state index is 0.00204. The lowest BCUT2D eigenvalue weighted by Gasteiger charge is -2.47. The fraction of sp³-hybridized carbons (Fsp3) is 0.423. The maximum atomic E-state index is 12.8. The molecule has 0 atom stereocenters. The quantitative estimate of drug-likeness (QED) is 0.701. The zero-order valence-electron chi connectivity index (χ0n) is 18.6. The third-order valence-corrected chi connectivity index (χ3v) is 7.70. The van der Waals surface area contributed by atoms with Crippen LogP contribution in [0.1, 0.15) is 49.1 Å². The van der Waals surface area contributed by atoms with Gasteiger partial charge in [-0.2, -0.15) is 0 Å². The van der Waals surface area contributed by atoms with Crippen molar-refractivity contribution in [1.29, 1.82) is 0 Å². The van der Waals surface area contributed by atoms with E-state index in [-0.39, 0.29) is 30.4 Å². The second kappa shape index (κ2) is 8.21. The summed E-state index contributed by atoms with van der Waals surface area (Å²) in [7, 11) is 1.59. The number of carboxylic acids is 1. The van der Waals surface area contributed by atoms with Crippen LogP contribution in [0.15, 0.2) is 48.5 Å². The molecule has 0 heterocycles. The minimum atomic E-state index is -1.05. The van der Waals surface area contributed by atoms with Crippen LogP contribution < -0.4 is 5.32 Å². The van der Waals surface area contributed by atoms with Crippen molar-refractivity contribution in [2.45, 2.75) is 49.6 Å². The Hall–Kier alpha value is -3.35. The molecule has 7 heteroatoms. The van der Waals surface area contributed by atoms with Crippen molar-refractivity contribution in [1.82, 2.24) is 10.2 Å². The van der Waals surface area contributed by atoms with E-state index in [4.69, 9.17) is 4.74 Å². The monoisotopic (exact) mass is 448 g/mol. The smallest absolute Gasteiger partial charge is 0.407 e. The number of fused-ring (bicyclic) bond motifs is 3. The van der Waals surface area contributed by atoms with Gasteiger partial charge >= 0.3 is 12.1 Å². The Bertz CT molecular complexity index is 1060. The normalized spacial score (nSPS) is 22.2. The van der Waals surface area contributed by atoms with Gasteiger partial charge in [0.25, 0.3) is 0 Å². The van der Waals surface area contributed by atoms with Crippen LogP contribution in [0.25, 0.3) is 11.1 Å². The van der Waals surface area contributed by atoms with Crippen molar-refractivity contribution in [2.24, 2.45) is 5.92 Å². The molecule has 3 aliphatic carbocycles. The number of carboxylic acid groups (broad SMARTS) is 1. The van der Waals surface area contributed by atoms with Crippen molar-refractivity contribution < 1.29 is 24.2 Å². The molecule has 0 bridgehead atoms. The summed E-state index contributed by atoms with van der Waals surface area (Å²) < 4.78 is 5.58. The van der Waals surface area contributed by atoms with Crippen molar-refractivity contribution in [3.8, 4) is 11.1 Å². The molecule has 2 aromatic carbocycles. The first-order valence-corrected chi connectivity index (χ1v) is 11.5. The maximum Gasteiger partial charge on any atom is 0.407 e. The Morgan fingerprint density at radius 2 is 1.61 bits per heavy atom. The molecule has 2 aromatic rings. The molecule has 3 aliphatic rings. The van der Waals surface area contributed by atoms with Crippen molar-refractivity contribution >= 4 is 18.0 Å². The molecule has 0 aliphatic heterocycles. The third kappa shape index (κ3) is 3.56. The van der Waals surface area contributed by atoms with E-state index >= 15 is 0 Å². The molecule has 0 saturated heterocycles. The number of aliphatic carboxylic acids is 1. The van der Waals surface area contributed by atoms with E-state index in [2.05, 4.69) is 29.6 Å². The van der Waals surface area contributed by atoms with Gasteiger partial charge in [0.2, 0.25) is 5.91 Å². The Labute approximate surface area is 192 Å². The lowest BCUT2D eigenvalue weighted by Crippen LogP contribution is -2.62. The molecular weight excluding hydrogens is 420 g/mol. The van der Waals surface area contributed by atoms with Gasteiger partial charge in [0.05, 0.1) is 0 Å².